The molecule has 31 heavy (non-hydrogen) atoms. The number of thioether (sulfide) groups is 1. The Labute approximate surface area is 185 Å². The molecule has 0 heterocycles. The molecule has 2 N–H and O–H groups in total. The Bertz CT molecular complexity index is 1040. The van der Waals surface area contributed by atoms with Crippen LogP contribution in [0.5, 0.6) is 5.75 Å². The van der Waals surface area contributed by atoms with E-state index in [-0.39, 0.29) is 22.1 Å². The minimum Gasteiger partial charge on any atom is -0.480 e. The summed E-state index contributed by atoms with van der Waals surface area (Å²) in [5, 5.41) is 17.9. The largest absolute Gasteiger partial charge is 0.480 e. The van der Waals surface area contributed by atoms with Crippen LogP contribution in [-0.2, 0) is 19.6 Å². The fourth-order valence-corrected chi connectivity index (χ4v) is 4.90. The van der Waals surface area contributed by atoms with Crippen LogP contribution in [0.15, 0.2) is 46.2 Å². The molecule has 0 radical (unpaired) electrons. The van der Waals surface area contributed by atoms with Crippen LogP contribution < -0.4 is 4.74 Å². The number of carboxylic acid groups (broad SMARTS) is 2. The summed E-state index contributed by atoms with van der Waals surface area (Å²) in [4.78, 5) is 21.5. The molecule has 0 aliphatic rings. The first-order valence-corrected chi connectivity index (χ1v) is 11.2. The average Bonchev–Trinajstić information content (AvgIpc) is 2.66. The van der Waals surface area contributed by atoms with E-state index >= 15 is 0 Å². The summed E-state index contributed by atoms with van der Waals surface area (Å²) in [6.07, 6.45) is 0. The van der Waals surface area contributed by atoms with E-state index in [9.17, 15) is 26.8 Å². The Morgan fingerprint density at radius 3 is 2.16 bits per heavy atom. The Balaban J connectivity index is 2.11. The SMILES string of the molecule is O=C(O)COc1c(F)cc(SCCN(CC(=O)O)S(=O)(=O)c2ccc(Cl)cc2)cc1F. The van der Waals surface area contributed by atoms with Crippen molar-refractivity contribution in [3.05, 3.63) is 53.1 Å². The summed E-state index contributed by atoms with van der Waals surface area (Å²) in [6, 6.07) is 6.98. The topological polar surface area (TPSA) is 121 Å². The number of carbonyl (C=O) groups is 2. The van der Waals surface area contributed by atoms with Gasteiger partial charge in [0.15, 0.2) is 24.0 Å². The maximum atomic E-state index is 14.0. The zero-order valence-electron chi connectivity index (χ0n) is 15.6. The fraction of sp³-hybridized carbons (Fsp3) is 0.222. The van der Waals surface area contributed by atoms with E-state index in [1.165, 1.54) is 24.3 Å². The number of benzene rings is 2. The van der Waals surface area contributed by atoms with Gasteiger partial charge in [-0.25, -0.2) is 22.0 Å². The molecule has 0 fully saturated rings. The van der Waals surface area contributed by atoms with E-state index in [2.05, 4.69) is 4.74 Å². The normalized spacial score (nSPS) is 11.5. The number of halogens is 3. The van der Waals surface area contributed by atoms with Crippen molar-refractivity contribution in [3.8, 4) is 5.75 Å². The lowest BCUT2D eigenvalue weighted by Gasteiger charge is -2.20. The van der Waals surface area contributed by atoms with Crippen LogP contribution in [0.1, 0.15) is 0 Å². The molecule has 0 saturated carbocycles. The molecule has 8 nitrogen and oxygen atoms in total. The first-order chi connectivity index (χ1) is 14.5. The molecule has 0 aliphatic heterocycles. The Hall–Kier alpha value is -2.41. The molecule has 0 unspecified atom stereocenters. The molecule has 0 spiro atoms. The van der Waals surface area contributed by atoms with Crippen molar-refractivity contribution in [2.24, 2.45) is 0 Å². The number of hydrogen-bond acceptors (Lipinski definition) is 6. The van der Waals surface area contributed by atoms with Crippen LogP contribution in [0.2, 0.25) is 5.02 Å². The van der Waals surface area contributed by atoms with Crippen molar-refractivity contribution in [2.45, 2.75) is 9.79 Å². The zero-order valence-corrected chi connectivity index (χ0v) is 18.0. The molecule has 2 aromatic rings. The van der Waals surface area contributed by atoms with E-state index in [0.717, 1.165) is 28.2 Å². The second-order valence-electron chi connectivity index (χ2n) is 5.93. The molecule has 0 amide bonds. The van der Waals surface area contributed by atoms with Crippen LogP contribution in [0.25, 0.3) is 0 Å². The lowest BCUT2D eigenvalue weighted by molar-refractivity contribution is -0.139. The van der Waals surface area contributed by atoms with Crippen LogP contribution in [-0.4, -0.2) is 60.3 Å². The predicted molar refractivity (Wildman–Crippen MR) is 108 cm³/mol. The lowest BCUT2D eigenvalue weighted by atomic mass is 10.3. The zero-order chi connectivity index (χ0) is 23.2. The van der Waals surface area contributed by atoms with E-state index < -0.39 is 52.5 Å². The first-order valence-electron chi connectivity index (χ1n) is 8.44. The molecule has 0 atom stereocenters. The molecule has 0 saturated heterocycles. The Morgan fingerprint density at radius 1 is 1.06 bits per heavy atom. The standard InChI is InChI=1S/C18H16ClF2NO7S2/c19-11-1-3-13(4-2-11)31(27,28)22(9-16(23)24)5-6-30-12-7-14(20)18(15(21)8-12)29-10-17(25)26/h1-4,7-8H,5-6,9-10H2,(H,23,24)(H,25,26). The molecule has 0 bridgehead atoms. The molecular weight excluding hydrogens is 480 g/mol. The third-order valence-corrected chi connectivity index (χ3v) is 6.75. The van der Waals surface area contributed by atoms with Gasteiger partial charge in [-0.2, -0.15) is 4.31 Å². The highest BCUT2D eigenvalue weighted by Gasteiger charge is 2.26. The molecule has 2 rings (SSSR count). The monoisotopic (exact) mass is 495 g/mol. The van der Waals surface area contributed by atoms with Crippen molar-refractivity contribution < 1.29 is 41.7 Å². The number of nitrogens with zero attached hydrogens (tertiary/aromatic N) is 1. The van der Waals surface area contributed by atoms with Gasteiger partial charge in [0, 0.05) is 22.2 Å². The van der Waals surface area contributed by atoms with Gasteiger partial charge >= 0.3 is 11.9 Å². The quantitative estimate of drug-likeness (QED) is 0.456. The smallest absolute Gasteiger partial charge is 0.341 e. The van der Waals surface area contributed by atoms with Gasteiger partial charge in [0.1, 0.15) is 6.54 Å². The van der Waals surface area contributed by atoms with Crippen molar-refractivity contribution >= 4 is 45.3 Å². The minimum absolute atomic E-state index is 0.0195. The Kier molecular flexibility index (Phi) is 8.62. The summed E-state index contributed by atoms with van der Waals surface area (Å²) in [7, 11) is -4.15. The Morgan fingerprint density at radius 2 is 1.65 bits per heavy atom. The summed E-state index contributed by atoms with van der Waals surface area (Å²) in [5.41, 5.74) is 0. The number of sulfonamides is 1. The molecule has 168 valence electrons. The van der Waals surface area contributed by atoms with Crippen molar-refractivity contribution in [2.75, 3.05) is 25.4 Å². The number of carboxylic acids is 2. The minimum atomic E-state index is -4.15. The summed E-state index contributed by atoms with van der Waals surface area (Å²) < 4.78 is 58.7. The predicted octanol–water partition coefficient (Wildman–Crippen LogP) is 2.95. The highest BCUT2D eigenvalue weighted by molar-refractivity contribution is 7.99. The second-order valence-corrected chi connectivity index (χ2v) is 9.48. The van der Waals surface area contributed by atoms with Gasteiger partial charge in [0.05, 0.1) is 4.90 Å². The molecule has 0 aliphatic carbocycles. The number of ether oxygens (including phenoxy) is 1. The van der Waals surface area contributed by atoms with Gasteiger partial charge in [-0.3, -0.25) is 4.79 Å². The molecule has 0 aromatic heterocycles. The number of aliphatic carboxylic acids is 2. The van der Waals surface area contributed by atoms with Crippen LogP contribution >= 0.6 is 23.4 Å². The summed E-state index contributed by atoms with van der Waals surface area (Å²) in [5.74, 6) is -5.89. The summed E-state index contributed by atoms with van der Waals surface area (Å²) >= 11 is 6.62. The van der Waals surface area contributed by atoms with Gasteiger partial charge < -0.3 is 14.9 Å². The van der Waals surface area contributed by atoms with Gasteiger partial charge in [-0.15, -0.1) is 11.8 Å². The third kappa shape index (κ3) is 7.06. The lowest BCUT2D eigenvalue weighted by Crippen LogP contribution is -2.37. The van der Waals surface area contributed by atoms with E-state index in [0.29, 0.717) is 5.02 Å². The second kappa shape index (κ2) is 10.8. The maximum absolute atomic E-state index is 14.0. The van der Waals surface area contributed by atoms with E-state index in [4.69, 9.17) is 21.8 Å². The van der Waals surface area contributed by atoms with E-state index in [1.54, 1.807) is 0 Å². The summed E-state index contributed by atoms with van der Waals surface area (Å²) in [6.45, 7) is -1.99. The van der Waals surface area contributed by atoms with Gasteiger partial charge in [-0.1, -0.05) is 11.6 Å². The molecule has 13 heteroatoms. The molecular formula is C18H16ClF2NO7S2. The maximum Gasteiger partial charge on any atom is 0.341 e. The average molecular weight is 496 g/mol. The van der Waals surface area contributed by atoms with Crippen LogP contribution in [0, 0.1) is 11.6 Å². The van der Waals surface area contributed by atoms with Crippen LogP contribution in [0.3, 0.4) is 0 Å². The van der Waals surface area contributed by atoms with E-state index in [1.807, 2.05) is 0 Å². The third-order valence-electron chi connectivity index (χ3n) is 3.68. The van der Waals surface area contributed by atoms with Gasteiger partial charge in [0.2, 0.25) is 10.0 Å². The first kappa shape index (κ1) is 24.9. The fourth-order valence-electron chi connectivity index (χ4n) is 2.35. The van der Waals surface area contributed by atoms with Gasteiger partial charge in [0.25, 0.3) is 0 Å². The molecule has 2 aromatic carbocycles. The van der Waals surface area contributed by atoms with Crippen molar-refractivity contribution in [3.63, 3.8) is 0 Å². The highest BCUT2D eigenvalue weighted by Crippen LogP contribution is 2.29. The van der Waals surface area contributed by atoms with Gasteiger partial charge in [-0.05, 0) is 36.4 Å². The number of rotatable bonds is 11. The van der Waals surface area contributed by atoms with Crippen LogP contribution in [0.4, 0.5) is 8.78 Å². The number of hydrogen-bond donors (Lipinski definition) is 2. The van der Waals surface area contributed by atoms with Crippen molar-refractivity contribution in [1.29, 1.82) is 0 Å². The highest BCUT2D eigenvalue weighted by atomic mass is 35.5. The van der Waals surface area contributed by atoms with Crippen molar-refractivity contribution in [1.82, 2.24) is 4.31 Å².